The van der Waals surface area contributed by atoms with Crippen molar-refractivity contribution in [2.24, 2.45) is 0 Å². The molecule has 0 aliphatic heterocycles. The van der Waals surface area contributed by atoms with Crippen LogP contribution in [0.1, 0.15) is 57.3 Å². The third kappa shape index (κ3) is 4.48. The van der Waals surface area contributed by atoms with E-state index in [0.29, 0.717) is 16.8 Å². The molecule has 2 aromatic carbocycles. The van der Waals surface area contributed by atoms with Crippen LogP contribution < -0.4 is 5.32 Å². The Morgan fingerprint density at radius 3 is 2.68 bits per heavy atom. The van der Waals surface area contributed by atoms with Gasteiger partial charge in [0.2, 0.25) is 0 Å². The van der Waals surface area contributed by atoms with E-state index in [0.717, 1.165) is 53.4 Å². The fourth-order valence-electron chi connectivity index (χ4n) is 3.99. The van der Waals surface area contributed by atoms with Crippen molar-refractivity contribution in [3.05, 3.63) is 70.4 Å². The van der Waals surface area contributed by atoms with Crippen LogP contribution in [0.4, 0.5) is 5.69 Å². The first kappa shape index (κ1) is 20.7. The largest absolute Gasteiger partial charge is 0.452 e. The number of ether oxygens (including phenoxy) is 1. The maximum atomic E-state index is 13.1. The number of pyridine rings is 1. The van der Waals surface area contributed by atoms with Crippen LogP contribution in [0.2, 0.25) is 0 Å². The number of nitrogens with one attached hydrogen (secondary N) is 1. The molecule has 158 valence electrons. The van der Waals surface area contributed by atoms with Gasteiger partial charge in [-0.2, -0.15) is 0 Å². The number of ketones is 1. The summed E-state index contributed by atoms with van der Waals surface area (Å²) < 4.78 is 5.41. The molecule has 0 saturated heterocycles. The highest BCUT2D eigenvalue weighted by Crippen LogP contribution is 2.30. The van der Waals surface area contributed by atoms with Gasteiger partial charge in [-0.3, -0.25) is 14.6 Å². The number of nitrogens with zero attached hydrogens (tertiary/aromatic N) is 1. The minimum absolute atomic E-state index is 0.0906. The Kier molecular flexibility index (Phi) is 5.80. The number of carbonyl (C=O) groups is 3. The second kappa shape index (κ2) is 8.68. The SMILES string of the molecule is CC(=O)c1cccc(NC(=O)COC(=O)c2c3c(nc4ccc(C)cc24)CCCC3)c1. The van der Waals surface area contributed by atoms with Crippen LogP contribution in [-0.2, 0) is 22.4 Å². The molecule has 1 amide bonds. The standard InChI is InChI=1S/C25H24N2O4/c1-15-10-11-22-20(12-15)24(19-8-3-4-9-21(19)27-22)25(30)31-14-23(29)26-18-7-5-6-17(13-18)16(2)28/h5-7,10-13H,3-4,8-9,14H2,1-2H3,(H,26,29). The second-order valence-corrected chi connectivity index (χ2v) is 7.90. The van der Waals surface area contributed by atoms with E-state index in [2.05, 4.69) is 5.32 Å². The first-order valence-electron chi connectivity index (χ1n) is 10.4. The van der Waals surface area contributed by atoms with E-state index in [9.17, 15) is 14.4 Å². The molecule has 0 spiro atoms. The molecular formula is C25H24N2O4. The van der Waals surface area contributed by atoms with Crippen molar-refractivity contribution in [3.63, 3.8) is 0 Å². The predicted molar refractivity (Wildman–Crippen MR) is 118 cm³/mol. The van der Waals surface area contributed by atoms with E-state index < -0.39 is 18.5 Å². The smallest absolute Gasteiger partial charge is 0.339 e. The third-order valence-corrected chi connectivity index (χ3v) is 5.51. The Labute approximate surface area is 180 Å². The zero-order chi connectivity index (χ0) is 22.0. The monoisotopic (exact) mass is 416 g/mol. The summed E-state index contributed by atoms with van der Waals surface area (Å²) in [6.45, 7) is 3.02. The molecule has 0 bridgehead atoms. The summed E-state index contributed by atoms with van der Waals surface area (Å²) in [7, 11) is 0. The number of benzene rings is 2. The van der Waals surface area contributed by atoms with E-state index in [1.807, 2.05) is 25.1 Å². The molecule has 1 aliphatic rings. The van der Waals surface area contributed by atoms with Crippen molar-refractivity contribution in [3.8, 4) is 0 Å². The highest BCUT2D eigenvalue weighted by Gasteiger charge is 2.24. The molecule has 0 fully saturated rings. The third-order valence-electron chi connectivity index (χ3n) is 5.51. The van der Waals surface area contributed by atoms with E-state index in [1.54, 1.807) is 24.3 Å². The number of fused-ring (bicyclic) bond motifs is 2. The maximum Gasteiger partial charge on any atom is 0.339 e. The van der Waals surface area contributed by atoms with Gasteiger partial charge >= 0.3 is 5.97 Å². The molecule has 3 aromatic rings. The summed E-state index contributed by atoms with van der Waals surface area (Å²) in [5.74, 6) is -1.06. The molecule has 1 aromatic heterocycles. The van der Waals surface area contributed by atoms with Crippen LogP contribution in [0.25, 0.3) is 10.9 Å². The normalized spacial score (nSPS) is 12.8. The van der Waals surface area contributed by atoms with E-state index in [1.165, 1.54) is 6.92 Å². The Bertz CT molecular complexity index is 1200. The maximum absolute atomic E-state index is 13.1. The average Bonchev–Trinajstić information content (AvgIpc) is 2.76. The molecule has 1 N–H and O–H groups in total. The Hall–Kier alpha value is -3.54. The molecule has 1 aliphatic carbocycles. The van der Waals surface area contributed by atoms with Gasteiger partial charge in [0.25, 0.3) is 5.91 Å². The Morgan fingerprint density at radius 1 is 1.06 bits per heavy atom. The van der Waals surface area contributed by atoms with Gasteiger partial charge in [-0.1, -0.05) is 23.8 Å². The lowest BCUT2D eigenvalue weighted by atomic mass is 9.89. The lowest BCUT2D eigenvalue weighted by Gasteiger charge is -2.20. The highest BCUT2D eigenvalue weighted by atomic mass is 16.5. The lowest BCUT2D eigenvalue weighted by molar-refractivity contribution is -0.119. The number of hydrogen-bond acceptors (Lipinski definition) is 5. The van der Waals surface area contributed by atoms with Gasteiger partial charge in [-0.15, -0.1) is 0 Å². The van der Waals surface area contributed by atoms with Crippen LogP contribution >= 0.6 is 0 Å². The number of Topliss-reactive ketones (excluding diaryl/α,β-unsaturated/α-hetero) is 1. The van der Waals surface area contributed by atoms with Crippen molar-refractivity contribution < 1.29 is 19.1 Å². The molecule has 0 saturated carbocycles. The molecule has 0 radical (unpaired) electrons. The quantitative estimate of drug-likeness (QED) is 0.492. The first-order chi connectivity index (χ1) is 14.9. The average molecular weight is 416 g/mol. The van der Waals surface area contributed by atoms with Crippen molar-refractivity contribution in [2.75, 3.05) is 11.9 Å². The van der Waals surface area contributed by atoms with Gasteiger partial charge < -0.3 is 10.1 Å². The number of esters is 1. The second-order valence-electron chi connectivity index (χ2n) is 7.90. The van der Waals surface area contributed by atoms with Crippen LogP contribution in [0.3, 0.4) is 0 Å². The van der Waals surface area contributed by atoms with E-state index in [4.69, 9.17) is 9.72 Å². The zero-order valence-electron chi connectivity index (χ0n) is 17.7. The topological polar surface area (TPSA) is 85.4 Å². The van der Waals surface area contributed by atoms with Gasteiger partial charge in [-0.05, 0) is 69.4 Å². The van der Waals surface area contributed by atoms with Crippen LogP contribution in [-0.4, -0.2) is 29.3 Å². The Balaban J connectivity index is 1.55. The molecule has 0 unspecified atom stereocenters. The number of aryl methyl sites for hydroxylation is 2. The summed E-state index contributed by atoms with van der Waals surface area (Å²) >= 11 is 0. The molecular weight excluding hydrogens is 392 g/mol. The Morgan fingerprint density at radius 2 is 1.87 bits per heavy atom. The summed E-state index contributed by atoms with van der Waals surface area (Å²) in [5, 5.41) is 3.44. The van der Waals surface area contributed by atoms with Gasteiger partial charge in [0.05, 0.1) is 11.1 Å². The first-order valence-corrected chi connectivity index (χ1v) is 10.4. The van der Waals surface area contributed by atoms with Gasteiger partial charge in [0.15, 0.2) is 12.4 Å². The molecule has 31 heavy (non-hydrogen) atoms. The fraction of sp³-hybridized carbons (Fsp3) is 0.280. The van der Waals surface area contributed by atoms with Crippen molar-refractivity contribution in [2.45, 2.75) is 39.5 Å². The number of amides is 1. The summed E-state index contributed by atoms with van der Waals surface area (Å²) in [6, 6.07) is 12.5. The van der Waals surface area contributed by atoms with E-state index >= 15 is 0 Å². The summed E-state index contributed by atoms with van der Waals surface area (Å²) in [5.41, 5.74) is 5.18. The van der Waals surface area contributed by atoms with E-state index in [-0.39, 0.29) is 5.78 Å². The number of rotatable bonds is 5. The summed E-state index contributed by atoms with van der Waals surface area (Å²) in [4.78, 5) is 41.7. The number of anilines is 1. The highest BCUT2D eigenvalue weighted by molar-refractivity contribution is 6.06. The molecule has 6 nitrogen and oxygen atoms in total. The van der Waals surface area contributed by atoms with Gasteiger partial charge in [-0.25, -0.2) is 4.79 Å². The number of carbonyl (C=O) groups excluding carboxylic acids is 3. The predicted octanol–water partition coefficient (Wildman–Crippen LogP) is 4.42. The van der Waals surface area contributed by atoms with Crippen molar-refractivity contribution in [1.82, 2.24) is 4.98 Å². The zero-order valence-corrected chi connectivity index (χ0v) is 17.7. The van der Waals surface area contributed by atoms with Crippen molar-refractivity contribution >= 4 is 34.3 Å². The minimum Gasteiger partial charge on any atom is -0.452 e. The minimum atomic E-state index is -0.510. The number of aromatic nitrogens is 1. The fourth-order valence-corrected chi connectivity index (χ4v) is 3.99. The van der Waals surface area contributed by atoms with Crippen molar-refractivity contribution in [1.29, 1.82) is 0 Å². The molecule has 4 rings (SSSR count). The van der Waals surface area contributed by atoms with Crippen LogP contribution in [0, 0.1) is 6.92 Å². The lowest BCUT2D eigenvalue weighted by Crippen LogP contribution is -2.22. The molecule has 6 heteroatoms. The summed E-state index contributed by atoms with van der Waals surface area (Å²) in [6.07, 6.45) is 3.67. The number of hydrogen-bond donors (Lipinski definition) is 1. The van der Waals surface area contributed by atoms with Gasteiger partial charge in [0.1, 0.15) is 0 Å². The van der Waals surface area contributed by atoms with Crippen LogP contribution in [0.15, 0.2) is 42.5 Å². The molecule has 0 atom stereocenters. The molecule has 1 heterocycles. The van der Waals surface area contributed by atoms with Gasteiger partial charge in [0, 0.05) is 22.3 Å². The van der Waals surface area contributed by atoms with Crippen LogP contribution in [0.5, 0.6) is 0 Å².